The van der Waals surface area contributed by atoms with E-state index in [1.165, 1.54) is 6.07 Å². The SMILES string of the molecule is Cc1cc2oc(=O)cc(COC(=O)[C@@H]3CS[C@@]4(C)CCC(=O)N34)c2cc1C. The Kier molecular flexibility index (Phi) is 4.29. The minimum Gasteiger partial charge on any atom is -0.459 e. The van der Waals surface area contributed by atoms with Crippen molar-refractivity contribution in [2.24, 2.45) is 0 Å². The van der Waals surface area contributed by atoms with Crippen molar-refractivity contribution in [1.82, 2.24) is 4.90 Å². The number of aryl methyl sites for hydroxylation is 2. The molecular weight excluding hydrogens is 366 g/mol. The Labute approximate surface area is 160 Å². The summed E-state index contributed by atoms with van der Waals surface area (Å²) >= 11 is 1.62. The van der Waals surface area contributed by atoms with E-state index in [-0.39, 0.29) is 17.4 Å². The molecule has 1 amide bonds. The van der Waals surface area contributed by atoms with Crippen LogP contribution in [-0.2, 0) is 20.9 Å². The molecule has 2 fully saturated rings. The maximum Gasteiger partial charge on any atom is 0.336 e. The number of nitrogens with zero attached hydrogens (tertiary/aromatic N) is 1. The molecule has 27 heavy (non-hydrogen) atoms. The molecule has 1 aromatic carbocycles. The second-order valence-electron chi connectivity index (χ2n) is 7.40. The van der Waals surface area contributed by atoms with Gasteiger partial charge in [0, 0.05) is 29.2 Å². The van der Waals surface area contributed by atoms with Crippen LogP contribution in [0.2, 0.25) is 0 Å². The van der Waals surface area contributed by atoms with Crippen LogP contribution in [0.3, 0.4) is 0 Å². The monoisotopic (exact) mass is 387 g/mol. The summed E-state index contributed by atoms with van der Waals surface area (Å²) < 4.78 is 10.8. The topological polar surface area (TPSA) is 76.8 Å². The van der Waals surface area contributed by atoms with Gasteiger partial charge in [-0.05, 0) is 50.5 Å². The van der Waals surface area contributed by atoms with Gasteiger partial charge in [-0.3, -0.25) is 4.79 Å². The quantitative estimate of drug-likeness (QED) is 0.595. The molecule has 4 rings (SSSR count). The molecule has 0 aliphatic carbocycles. The molecule has 0 radical (unpaired) electrons. The number of hydrogen-bond acceptors (Lipinski definition) is 6. The summed E-state index contributed by atoms with van der Waals surface area (Å²) in [5.74, 6) is 0.116. The third-order valence-electron chi connectivity index (χ3n) is 5.53. The Morgan fingerprint density at radius 3 is 2.81 bits per heavy atom. The van der Waals surface area contributed by atoms with Gasteiger partial charge in [-0.15, -0.1) is 11.8 Å². The second-order valence-corrected chi connectivity index (χ2v) is 8.90. The molecule has 3 heterocycles. The Morgan fingerprint density at radius 2 is 2.04 bits per heavy atom. The number of hydrogen-bond donors (Lipinski definition) is 0. The molecule has 0 saturated carbocycles. The van der Waals surface area contributed by atoms with Crippen molar-refractivity contribution >= 4 is 34.6 Å². The zero-order valence-corrected chi connectivity index (χ0v) is 16.4. The lowest BCUT2D eigenvalue weighted by Crippen LogP contribution is -2.46. The first-order valence-corrected chi connectivity index (χ1v) is 9.94. The average Bonchev–Trinajstić information content (AvgIpc) is 3.10. The van der Waals surface area contributed by atoms with Gasteiger partial charge in [0.15, 0.2) is 0 Å². The van der Waals surface area contributed by atoms with Crippen molar-refractivity contribution < 1.29 is 18.7 Å². The van der Waals surface area contributed by atoms with Crippen LogP contribution in [0.4, 0.5) is 0 Å². The lowest BCUT2D eigenvalue weighted by Gasteiger charge is -2.29. The molecule has 0 N–H and O–H groups in total. The fraction of sp³-hybridized carbons (Fsp3) is 0.450. The zero-order valence-electron chi connectivity index (χ0n) is 15.5. The second kappa shape index (κ2) is 6.41. The lowest BCUT2D eigenvalue weighted by molar-refractivity contribution is -0.154. The number of rotatable bonds is 3. The first kappa shape index (κ1) is 18.1. The van der Waals surface area contributed by atoms with Gasteiger partial charge in [0.1, 0.15) is 18.2 Å². The summed E-state index contributed by atoms with van der Waals surface area (Å²) in [6, 6.07) is 4.55. The summed E-state index contributed by atoms with van der Waals surface area (Å²) in [6.45, 7) is 5.90. The molecular formula is C20H21NO5S. The van der Waals surface area contributed by atoms with Crippen LogP contribution in [0.1, 0.15) is 36.5 Å². The highest BCUT2D eigenvalue weighted by molar-refractivity contribution is 8.01. The number of benzene rings is 1. The Morgan fingerprint density at radius 1 is 1.30 bits per heavy atom. The highest BCUT2D eigenvalue weighted by Crippen LogP contribution is 2.47. The smallest absolute Gasteiger partial charge is 0.336 e. The zero-order chi connectivity index (χ0) is 19.3. The van der Waals surface area contributed by atoms with Crippen molar-refractivity contribution in [2.45, 2.75) is 51.1 Å². The normalized spacial score (nSPS) is 24.5. The Bertz CT molecular complexity index is 1010. The van der Waals surface area contributed by atoms with E-state index in [0.717, 1.165) is 22.9 Å². The van der Waals surface area contributed by atoms with Crippen LogP contribution in [-0.4, -0.2) is 33.4 Å². The van der Waals surface area contributed by atoms with E-state index in [0.29, 0.717) is 23.3 Å². The maximum absolute atomic E-state index is 12.7. The molecule has 1 aromatic heterocycles. The fourth-order valence-corrected chi connectivity index (χ4v) is 5.26. The molecule has 2 saturated heterocycles. The maximum atomic E-state index is 12.7. The van der Waals surface area contributed by atoms with Crippen LogP contribution in [0.15, 0.2) is 27.4 Å². The van der Waals surface area contributed by atoms with Crippen molar-refractivity contribution in [3.63, 3.8) is 0 Å². The number of carbonyl (C=O) groups excluding carboxylic acids is 2. The van der Waals surface area contributed by atoms with E-state index in [4.69, 9.17) is 9.15 Å². The van der Waals surface area contributed by atoms with Crippen LogP contribution in [0.25, 0.3) is 11.0 Å². The predicted molar refractivity (Wildman–Crippen MR) is 102 cm³/mol. The number of thioether (sulfide) groups is 1. The molecule has 2 aliphatic rings. The fourth-order valence-electron chi connectivity index (χ4n) is 3.84. The molecule has 7 heteroatoms. The van der Waals surface area contributed by atoms with E-state index in [9.17, 15) is 14.4 Å². The van der Waals surface area contributed by atoms with E-state index in [1.54, 1.807) is 16.7 Å². The number of fused-ring (bicyclic) bond motifs is 2. The first-order valence-electron chi connectivity index (χ1n) is 8.95. The molecule has 0 spiro atoms. The largest absolute Gasteiger partial charge is 0.459 e. The summed E-state index contributed by atoms with van der Waals surface area (Å²) in [6.07, 6.45) is 1.22. The van der Waals surface area contributed by atoms with Gasteiger partial charge in [0.25, 0.3) is 0 Å². The first-order chi connectivity index (χ1) is 12.8. The van der Waals surface area contributed by atoms with Crippen LogP contribution in [0.5, 0.6) is 0 Å². The average molecular weight is 387 g/mol. The van der Waals surface area contributed by atoms with Gasteiger partial charge < -0.3 is 14.1 Å². The molecule has 142 valence electrons. The van der Waals surface area contributed by atoms with Crippen molar-refractivity contribution in [3.05, 3.63) is 45.3 Å². The summed E-state index contributed by atoms with van der Waals surface area (Å²) in [5.41, 5.74) is 2.70. The van der Waals surface area contributed by atoms with Gasteiger partial charge in [-0.2, -0.15) is 0 Å². The standard InChI is InChI=1S/C20H21NO5S/c1-11-6-14-13(8-18(23)26-16(14)7-12(11)2)9-25-19(24)15-10-27-20(3)5-4-17(22)21(15)20/h6-8,15H,4-5,9-10H2,1-3H3/t15-,20-/m0/s1. The highest BCUT2D eigenvalue weighted by atomic mass is 32.2. The van der Waals surface area contributed by atoms with Crippen molar-refractivity contribution in [3.8, 4) is 0 Å². The van der Waals surface area contributed by atoms with E-state index >= 15 is 0 Å². The summed E-state index contributed by atoms with van der Waals surface area (Å²) in [7, 11) is 0. The Balaban J connectivity index is 1.57. The summed E-state index contributed by atoms with van der Waals surface area (Å²) in [5, 5.41) is 0.758. The van der Waals surface area contributed by atoms with Crippen LogP contribution < -0.4 is 5.63 Å². The molecule has 0 unspecified atom stereocenters. The van der Waals surface area contributed by atoms with Crippen LogP contribution >= 0.6 is 11.8 Å². The number of ether oxygens (including phenoxy) is 1. The molecule has 6 nitrogen and oxygen atoms in total. The number of esters is 1. The lowest BCUT2D eigenvalue weighted by atomic mass is 10.0. The van der Waals surface area contributed by atoms with Gasteiger partial charge in [0.2, 0.25) is 5.91 Å². The number of amides is 1. The third kappa shape index (κ3) is 3.04. The Hall–Kier alpha value is -2.28. The molecule has 0 bridgehead atoms. The van der Waals surface area contributed by atoms with Gasteiger partial charge in [-0.1, -0.05) is 0 Å². The summed E-state index contributed by atoms with van der Waals surface area (Å²) in [4.78, 5) is 38.1. The highest BCUT2D eigenvalue weighted by Gasteiger charge is 2.53. The third-order valence-corrected chi connectivity index (χ3v) is 7.04. The van der Waals surface area contributed by atoms with Gasteiger partial charge in [0.05, 0.1) is 4.87 Å². The van der Waals surface area contributed by atoms with Crippen LogP contribution in [0, 0.1) is 13.8 Å². The molecule has 2 aromatic rings. The predicted octanol–water partition coefficient (Wildman–Crippen LogP) is 2.91. The van der Waals surface area contributed by atoms with Gasteiger partial charge >= 0.3 is 11.6 Å². The van der Waals surface area contributed by atoms with Crippen molar-refractivity contribution in [1.29, 1.82) is 0 Å². The number of carbonyl (C=O) groups is 2. The van der Waals surface area contributed by atoms with E-state index < -0.39 is 17.6 Å². The van der Waals surface area contributed by atoms with Gasteiger partial charge in [-0.25, -0.2) is 9.59 Å². The minimum atomic E-state index is -0.564. The van der Waals surface area contributed by atoms with E-state index in [1.807, 2.05) is 32.9 Å². The van der Waals surface area contributed by atoms with Crippen molar-refractivity contribution in [2.75, 3.05) is 5.75 Å². The molecule has 2 aliphatic heterocycles. The minimum absolute atomic E-state index is 0.00125. The van der Waals surface area contributed by atoms with E-state index in [2.05, 4.69) is 0 Å². The molecule has 2 atom stereocenters.